The van der Waals surface area contributed by atoms with Gasteiger partial charge in [-0.1, -0.05) is 12.1 Å². The fourth-order valence-electron chi connectivity index (χ4n) is 3.63. The van der Waals surface area contributed by atoms with Crippen molar-refractivity contribution in [2.75, 3.05) is 20.3 Å². The minimum absolute atomic E-state index is 0.00956. The first kappa shape index (κ1) is 16.8. The Morgan fingerprint density at radius 2 is 2.27 bits per heavy atom. The Morgan fingerprint density at radius 3 is 3.12 bits per heavy atom. The molecule has 7 nitrogen and oxygen atoms in total. The average Bonchev–Trinajstić information content (AvgIpc) is 3.29. The molecule has 0 saturated heterocycles. The van der Waals surface area contributed by atoms with Crippen molar-refractivity contribution in [1.29, 1.82) is 0 Å². The Labute approximate surface area is 152 Å². The van der Waals surface area contributed by atoms with Crippen LogP contribution in [0.1, 0.15) is 28.8 Å². The van der Waals surface area contributed by atoms with E-state index < -0.39 is 0 Å². The monoisotopic (exact) mass is 353 g/mol. The van der Waals surface area contributed by atoms with Crippen molar-refractivity contribution in [1.82, 2.24) is 24.4 Å². The number of aromatic hydroxyl groups is 1. The molecule has 2 aromatic heterocycles. The quantitative estimate of drug-likeness (QED) is 0.709. The van der Waals surface area contributed by atoms with Gasteiger partial charge in [0.05, 0.1) is 31.2 Å². The number of nitrogens with one attached hydrogen (secondary N) is 1. The standard InChI is InChI=1S/C19H23N5O2/c1-26-10-9-23-8-6-20-17(23)12-24-7-5-16-18(22-13-21-16)19(24)14-3-2-4-15(25)11-14/h2-4,6,8,11,13,19,25H,5,7,9-10,12H2,1H3,(H,21,22)/t19-/m0/s1. The largest absolute Gasteiger partial charge is 0.508 e. The number of fused-ring (bicyclic) bond motifs is 1. The maximum atomic E-state index is 9.95. The van der Waals surface area contributed by atoms with Crippen LogP contribution in [-0.2, 0) is 24.2 Å². The minimum atomic E-state index is -0.00956. The first-order valence-electron chi connectivity index (χ1n) is 8.80. The highest BCUT2D eigenvalue weighted by Gasteiger charge is 2.31. The third-order valence-corrected chi connectivity index (χ3v) is 4.89. The van der Waals surface area contributed by atoms with Gasteiger partial charge in [0.15, 0.2) is 0 Å². The smallest absolute Gasteiger partial charge is 0.122 e. The van der Waals surface area contributed by atoms with Crippen LogP contribution in [0.25, 0.3) is 0 Å². The zero-order chi connectivity index (χ0) is 17.9. The summed E-state index contributed by atoms with van der Waals surface area (Å²) in [6, 6.07) is 7.42. The van der Waals surface area contributed by atoms with Crippen molar-refractivity contribution in [2.24, 2.45) is 0 Å². The number of aromatic nitrogens is 4. The predicted octanol–water partition coefficient (Wildman–Crippen LogP) is 2.11. The Morgan fingerprint density at radius 1 is 1.35 bits per heavy atom. The number of benzene rings is 1. The lowest BCUT2D eigenvalue weighted by molar-refractivity contribution is 0.175. The molecule has 1 aromatic carbocycles. The van der Waals surface area contributed by atoms with Crippen LogP contribution in [0.5, 0.6) is 5.75 Å². The van der Waals surface area contributed by atoms with E-state index in [0.29, 0.717) is 13.2 Å². The Hall–Kier alpha value is -2.64. The first-order chi connectivity index (χ1) is 12.8. The molecule has 0 bridgehead atoms. The molecule has 0 spiro atoms. The van der Waals surface area contributed by atoms with Gasteiger partial charge in [-0.2, -0.15) is 0 Å². The average molecular weight is 353 g/mol. The molecule has 26 heavy (non-hydrogen) atoms. The van der Waals surface area contributed by atoms with Crippen LogP contribution in [0.15, 0.2) is 43.0 Å². The van der Waals surface area contributed by atoms with Crippen LogP contribution in [0.3, 0.4) is 0 Å². The molecule has 1 aliphatic heterocycles. The molecule has 7 heteroatoms. The molecule has 1 atom stereocenters. The van der Waals surface area contributed by atoms with Gasteiger partial charge < -0.3 is 19.4 Å². The van der Waals surface area contributed by atoms with Crippen LogP contribution in [0.2, 0.25) is 0 Å². The second kappa shape index (κ2) is 7.31. The molecule has 0 saturated carbocycles. The minimum Gasteiger partial charge on any atom is -0.508 e. The van der Waals surface area contributed by atoms with Gasteiger partial charge in [-0.15, -0.1) is 0 Å². The molecule has 2 N–H and O–H groups in total. The summed E-state index contributed by atoms with van der Waals surface area (Å²) in [7, 11) is 1.71. The zero-order valence-corrected chi connectivity index (χ0v) is 14.8. The van der Waals surface area contributed by atoms with Crippen molar-refractivity contribution in [3.8, 4) is 5.75 Å². The summed E-state index contributed by atoms with van der Waals surface area (Å²) in [4.78, 5) is 14.7. The normalized spacial score (nSPS) is 17.3. The van der Waals surface area contributed by atoms with Crippen LogP contribution in [-0.4, -0.2) is 49.8 Å². The molecule has 0 radical (unpaired) electrons. The van der Waals surface area contributed by atoms with Crippen molar-refractivity contribution < 1.29 is 9.84 Å². The fraction of sp³-hybridized carbons (Fsp3) is 0.368. The highest BCUT2D eigenvalue weighted by atomic mass is 16.5. The highest BCUT2D eigenvalue weighted by molar-refractivity contribution is 5.36. The topological polar surface area (TPSA) is 79.2 Å². The molecule has 1 aliphatic rings. The van der Waals surface area contributed by atoms with Gasteiger partial charge in [-0.3, -0.25) is 4.90 Å². The fourth-order valence-corrected chi connectivity index (χ4v) is 3.63. The van der Waals surface area contributed by atoms with Crippen LogP contribution < -0.4 is 0 Å². The Balaban J connectivity index is 1.65. The number of imidazole rings is 2. The second-order valence-corrected chi connectivity index (χ2v) is 6.51. The second-order valence-electron chi connectivity index (χ2n) is 6.51. The lowest BCUT2D eigenvalue weighted by Gasteiger charge is -2.35. The van der Waals surface area contributed by atoms with E-state index >= 15 is 0 Å². The lowest BCUT2D eigenvalue weighted by Crippen LogP contribution is -2.36. The molecule has 0 fully saturated rings. The van der Waals surface area contributed by atoms with Crippen LogP contribution >= 0.6 is 0 Å². The first-order valence-corrected chi connectivity index (χ1v) is 8.80. The summed E-state index contributed by atoms with van der Waals surface area (Å²) in [6.07, 6.45) is 6.49. The van der Waals surface area contributed by atoms with Gasteiger partial charge >= 0.3 is 0 Å². The van der Waals surface area contributed by atoms with E-state index in [1.807, 2.05) is 30.6 Å². The number of nitrogens with zero attached hydrogens (tertiary/aromatic N) is 4. The van der Waals surface area contributed by atoms with Gasteiger partial charge in [0.2, 0.25) is 0 Å². The molecule has 0 amide bonds. The number of H-pyrrole nitrogens is 1. The summed E-state index contributed by atoms with van der Waals surface area (Å²) in [5.41, 5.74) is 3.22. The number of ether oxygens (including phenoxy) is 1. The van der Waals surface area contributed by atoms with Gasteiger partial charge in [0.25, 0.3) is 0 Å². The van der Waals surface area contributed by atoms with Gasteiger partial charge in [0, 0.05) is 44.7 Å². The van der Waals surface area contributed by atoms with E-state index in [-0.39, 0.29) is 11.8 Å². The van der Waals surface area contributed by atoms with E-state index in [4.69, 9.17) is 4.74 Å². The molecule has 0 unspecified atom stereocenters. The predicted molar refractivity (Wildman–Crippen MR) is 96.8 cm³/mol. The van der Waals surface area contributed by atoms with E-state index in [2.05, 4.69) is 24.4 Å². The molecular formula is C19H23N5O2. The summed E-state index contributed by atoms with van der Waals surface area (Å²) < 4.78 is 7.32. The number of phenols is 1. The zero-order valence-electron chi connectivity index (χ0n) is 14.8. The van der Waals surface area contributed by atoms with E-state index in [1.165, 1.54) is 0 Å². The van der Waals surface area contributed by atoms with Crippen molar-refractivity contribution in [2.45, 2.75) is 25.6 Å². The van der Waals surface area contributed by atoms with Gasteiger partial charge in [0.1, 0.15) is 11.6 Å². The summed E-state index contributed by atoms with van der Waals surface area (Å²) in [5, 5.41) is 9.95. The summed E-state index contributed by atoms with van der Waals surface area (Å²) >= 11 is 0. The van der Waals surface area contributed by atoms with E-state index in [0.717, 1.165) is 42.3 Å². The van der Waals surface area contributed by atoms with Gasteiger partial charge in [-0.05, 0) is 17.7 Å². The summed E-state index contributed by atoms with van der Waals surface area (Å²) in [6.45, 7) is 3.04. The molecule has 0 aliphatic carbocycles. The molecule has 136 valence electrons. The third-order valence-electron chi connectivity index (χ3n) is 4.89. The van der Waals surface area contributed by atoms with Crippen molar-refractivity contribution >= 4 is 0 Å². The molecule has 4 rings (SSSR count). The van der Waals surface area contributed by atoms with Crippen LogP contribution in [0.4, 0.5) is 0 Å². The molecule has 3 heterocycles. The van der Waals surface area contributed by atoms with Crippen molar-refractivity contribution in [3.63, 3.8) is 0 Å². The lowest BCUT2D eigenvalue weighted by atomic mass is 9.95. The van der Waals surface area contributed by atoms with E-state index in [1.54, 1.807) is 19.5 Å². The Kier molecular flexibility index (Phi) is 4.73. The number of aromatic amines is 1. The number of hydrogen-bond donors (Lipinski definition) is 2. The number of rotatable bonds is 6. The van der Waals surface area contributed by atoms with E-state index in [9.17, 15) is 5.11 Å². The Bertz CT molecular complexity index is 872. The summed E-state index contributed by atoms with van der Waals surface area (Å²) in [5.74, 6) is 1.28. The van der Waals surface area contributed by atoms with Crippen molar-refractivity contribution in [3.05, 3.63) is 65.8 Å². The SMILES string of the molecule is COCCn1ccnc1CN1CCc2[nH]cnc2[C@@H]1c1cccc(O)c1. The van der Waals surface area contributed by atoms with Crippen LogP contribution in [0, 0.1) is 0 Å². The molecule has 3 aromatic rings. The third kappa shape index (κ3) is 3.23. The number of hydrogen-bond acceptors (Lipinski definition) is 5. The number of phenolic OH excluding ortho intramolecular Hbond substituents is 1. The van der Waals surface area contributed by atoms with Gasteiger partial charge in [-0.25, -0.2) is 9.97 Å². The number of methoxy groups -OCH3 is 1. The maximum absolute atomic E-state index is 9.95. The maximum Gasteiger partial charge on any atom is 0.122 e. The molecular weight excluding hydrogens is 330 g/mol. The highest BCUT2D eigenvalue weighted by Crippen LogP contribution is 2.35.